The Hall–Kier alpha value is -1.81. The van der Waals surface area contributed by atoms with Crippen LogP contribution in [0.5, 0.6) is 0 Å². The molecule has 0 saturated heterocycles. The first-order chi connectivity index (χ1) is 9.24. The minimum absolute atomic E-state index is 0.254. The lowest BCUT2D eigenvalue weighted by atomic mass is 10.2. The van der Waals surface area contributed by atoms with Crippen LogP contribution in [0.4, 0.5) is 0 Å². The maximum absolute atomic E-state index is 10.9. The van der Waals surface area contributed by atoms with Crippen LogP contribution in [0.25, 0.3) is 10.9 Å². The summed E-state index contributed by atoms with van der Waals surface area (Å²) in [5.74, 6) is -0.254. The zero-order valence-electron chi connectivity index (χ0n) is 10.9. The summed E-state index contributed by atoms with van der Waals surface area (Å²) in [6, 6.07) is 9.02. The predicted octanol–water partition coefficient (Wildman–Crippen LogP) is 1.77. The maximum Gasteiger partial charge on any atom is 0.219 e. The van der Waals surface area contributed by atoms with Crippen molar-refractivity contribution in [3.05, 3.63) is 36.0 Å². The van der Waals surface area contributed by atoms with Gasteiger partial charge in [-0.3, -0.25) is 4.79 Å². The standard InChI is InChI=1S/C15H19N3O/c16-15(19)7-8-18-10-11(9-17-12-5-6-12)13-3-1-2-4-14(13)18/h1-4,10,12,17H,5-9H2,(H2,16,19). The molecule has 3 rings (SSSR count). The number of aryl methyl sites for hydroxylation is 1. The van der Waals surface area contributed by atoms with E-state index in [2.05, 4.69) is 34.3 Å². The summed E-state index contributed by atoms with van der Waals surface area (Å²) in [6.07, 6.45) is 5.11. The van der Waals surface area contributed by atoms with Gasteiger partial charge in [0.15, 0.2) is 0 Å². The van der Waals surface area contributed by atoms with Gasteiger partial charge in [-0.25, -0.2) is 0 Å². The third-order valence-corrected chi connectivity index (χ3v) is 3.63. The van der Waals surface area contributed by atoms with Crippen molar-refractivity contribution >= 4 is 16.8 Å². The number of nitrogens with two attached hydrogens (primary N) is 1. The van der Waals surface area contributed by atoms with E-state index in [1.165, 1.54) is 29.3 Å². The molecule has 100 valence electrons. The molecular formula is C15H19N3O. The minimum atomic E-state index is -0.254. The zero-order valence-corrected chi connectivity index (χ0v) is 10.9. The lowest BCUT2D eigenvalue weighted by molar-refractivity contribution is -0.118. The van der Waals surface area contributed by atoms with Crippen LogP contribution >= 0.6 is 0 Å². The van der Waals surface area contributed by atoms with Gasteiger partial charge in [-0.2, -0.15) is 0 Å². The molecule has 0 aliphatic heterocycles. The summed E-state index contributed by atoms with van der Waals surface area (Å²) in [4.78, 5) is 10.9. The van der Waals surface area contributed by atoms with E-state index in [0.29, 0.717) is 19.0 Å². The average Bonchev–Trinajstić information content (AvgIpc) is 3.16. The summed E-state index contributed by atoms with van der Waals surface area (Å²) in [7, 11) is 0. The molecule has 1 aliphatic carbocycles. The third-order valence-electron chi connectivity index (χ3n) is 3.63. The zero-order chi connectivity index (χ0) is 13.2. The van der Waals surface area contributed by atoms with Crippen molar-refractivity contribution in [3.8, 4) is 0 Å². The number of primary amides is 1. The minimum Gasteiger partial charge on any atom is -0.370 e. The Morgan fingerprint density at radius 1 is 1.37 bits per heavy atom. The van der Waals surface area contributed by atoms with E-state index >= 15 is 0 Å². The second-order valence-electron chi connectivity index (χ2n) is 5.24. The fourth-order valence-corrected chi connectivity index (χ4v) is 2.42. The van der Waals surface area contributed by atoms with Crippen molar-refractivity contribution in [2.24, 2.45) is 5.73 Å². The Kier molecular flexibility index (Phi) is 3.25. The summed E-state index contributed by atoms with van der Waals surface area (Å²) < 4.78 is 2.13. The molecule has 1 aromatic heterocycles. The highest BCUT2D eigenvalue weighted by Gasteiger charge is 2.20. The first-order valence-corrected chi connectivity index (χ1v) is 6.82. The van der Waals surface area contributed by atoms with Gasteiger partial charge in [0.1, 0.15) is 0 Å². The number of amides is 1. The largest absolute Gasteiger partial charge is 0.370 e. The average molecular weight is 257 g/mol. The van der Waals surface area contributed by atoms with Gasteiger partial charge in [0.2, 0.25) is 5.91 Å². The normalized spacial score (nSPS) is 14.9. The number of hydrogen-bond donors (Lipinski definition) is 2. The topological polar surface area (TPSA) is 60.1 Å². The van der Waals surface area contributed by atoms with E-state index in [1.54, 1.807) is 0 Å². The van der Waals surface area contributed by atoms with E-state index in [9.17, 15) is 4.79 Å². The highest BCUT2D eigenvalue weighted by Crippen LogP contribution is 2.24. The van der Waals surface area contributed by atoms with Gasteiger partial charge < -0.3 is 15.6 Å². The number of aromatic nitrogens is 1. The number of benzene rings is 1. The highest BCUT2D eigenvalue weighted by molar-refractivity contribution is 5.84. The number of carbonyl (C=O) groups excluding carboxylic acids is 1. The fourth-order valence-electron chi connectivity index (χ4n) is 2.42. The number of carbonyl (C=O) groups is 1. The van der Waals surface area contributed by atoms with Crippen molar-refractivity contribution in [1.29, 1.82) is 0 Å². The van der Waals surface area contributed by atoms with Gasteiger partial charge in [-0.1, -0.05) is 18.2 Å². The van der Waals surface area contributed by atoms with Gasteiger partial charge in [0.05, 0.1) is 0 Å². The van der Waals surface area contributed by atoms with E-state index in [1.807, 2.05) is 6.07 Å². The second kappa shape index (κ2) is 5.05. The lowest BCUT2D eigenvalue weighted by Gasteiger charge is -2.02. The molecule has 0 bridgehead atoms. The van der Waals surface area contributed by atoms with Gasteiger partial charge in [0.25, 0.3) is 0 Å². The Labute approximate surface area is 112 Å². The van der Waals surface area contributed by atoms with Gasteiger partial charge >= 0.3 is 0 Å². The SMILES string of the molecule is NC(=O)CCn1cc(CNC2CC2)c2ccccc21. The summed E-state index contributed by atoms with van der Waals surface area (Å²) in [6.45, 7) is 1.55. The number of rotatable bonds is 6. The predicted molar refractivity (Wildman–Crippen MR) is 75.6 cm³/mol. The second-order valence-corrected chi connectivity index (χ2v) is 5.24. The number of hydrogen-bond acceptors (Lipinski definition) is 2. The molecule has 1 aliphatic rings. The number of nitrogens with zero attached hydrogens (tertiary/aromatic N) is 1. The van der Waals surface area contributed by atoms with Crippen molar-refractivity contribution < 1.29 is 4.79 Å². The van der Waals surface area contributed by atoms with Crippen LogP contribution in [-0.4, -0.2) is 16.5 Å². The number of nitrogens with one attached hydrogen (secondary N) is 1. The van der Waals surface area contributed by atoms with Crippen LogP contribution in [0, 0.1) is 0 Å². The van der Waals surface area contributed by atoms with E-state index < -0.39 is 0 Å². The van der Waals surface area contributed by atoms with Crippen LogP contribution in [0.1, 0.15) is 24.8 Å². The fraction of sp³-hybridized carbons (Fsp3) is 0.400. The van der Waals surface area contributed by atoms with Crippen molar-refractivity contribution in [1.82, 2.24) is 9.88 Å². The van der Waals surface area contributed by atoms with E-state index in [4.69, 9.17) is 5.73 Å². The molecule has 0 unspecified atom stereocenters. The Morgan fingerprint density at radius 3 is 2.89 bits per heavy atom. The van der Waals surface area contributed by atoms with E-state index in [-0.39, 0.29) is 5.91 Å². The Balaban J connectivity index is 1.85. The molecule has 4 heteroatoms. The molecule has 1 amide bonds. The molecule has 1 aromatic carbocycles. The molecule has 4 nitrogen and oxygen atoms in total. The molecule has 1 heterocycles. The molecule has 19 heavy (non-hydrogen) atoms. The molecule has 0 atom stereocenters. The quantitative estimate of drug-likeness (QED) is 0.828. The van der Waals surface area contributed by atoms with Crippen LogP contribution in [0.3, 0.4) is 0 Å². The molecule has 1 saturated carbocycles. The lowest BCUT2D eigenvalue weighted by Crippen LogP contribution is -2.15. The van der Waals surface area contributed by atoms with Crippen molar-refractivity contribution in [2.45, 2.75) is 38.4 Å². The van der Waals surface area contributed by atoms with Crippen LogP contribution in [-0.2, 0) is 17.9 Å². The maximum atomic E-state index is 10.9. The molecule has 0 radical (unpaired) electrons. The molecular weight excluding hydrogens is 238 g/mol. The Morgan fingerprint density at radius 2 is 2.16 bits per heavy atom. The first-order valence-electron chi connectivity index (χ1n) is 6.82. The molecule has 2 aromatic rings. The molecule has 1 fully saturated rings. The Bertz CT molecular complexity index is 598. The van der Waals surface area contributed by atoms with Crippen LogP contribution in [0.15, 0.2) is 30.5 Å². The van der Waals surface area contributed by atoms with Gasteiger partial charge in [0, 0.05) is 42.7 Å². The molecule has 3 N–H and O–H groups in total. The number of para-hydroxylation sites is 1. The van der Waals surface area contributed by atoms with E-state index in [0.717, 1.165) is 6.54 Å². The third kappa shape index (κ3) is 2.79. The first kappa shape index (κ1) is 12.2. The van der Waals surface area contributed by atoms with Crippen molar-refractivity contribution in [3.63, 3.8) is 0 Å². The highest BCUT2D eigenvalue weighted by atomic mass is 16.1. The summed E-state index contributed by atoms with van der Waals surface area (Å²) in [5.41, 5.74) is 7.71. The van der Waals surface area contributed by atoms with Gasteiger partial charge in [-0.05, 0) is 24.5 Å². The molecule has 0 spiro atoms. The monoisotopic (exact) mass is 257 g/mol. The van der Waals surface area contributed by atoms with Crippen LogP contribution < -0.4 is 11.1 Å². The van der Waals surface area contributed by atoms with Crippen LogP contribution in [0.2, 0.25) is 0 Å². The summed E-state index contributed by atoms with van der Waals surface area (Å²) in [5, 5.41) is 4.80. The van der Waals surface area contributed by atoms with Gasteiger partial charge in [-0.15, -0.1) is 0 Å². The number of fused-ring (bicyclic) bond motifs is 1. The smallest absolute Gasteiger partial charge is 0.219 e. The summed E-state index contributed by atoms with van der Waals surface area (Å²) >= 11 is 0. The van der Waals surface area contributed by atoms with Crippen molar-refractivity contribution in [2.75, 3.05) is 0 Å².